The van der Waals surface area contributed by atoms with Crippen LogP contribution >= 0.6 is 0 Å². The van der Waals surface area contributed by atoms with Crippen LogP contribution in [0.4, 0.5) is 10.1 Å². The predicted molar refractivity (Wildman–Crippen MR) is 95.8 cm³/mol. The molecule has 0 aliphatic rings. The first-order valence-electron chi connectivity index (χ1n) is 8.05. The van der Waals surface area contributed by atoms with Crippen molar-refractivity contribution in [2.45, 2.75) is 13.0 Å². The van der Waals surface area contributed by atoms with Gasteiger partial charge in [-0.1, -0.05) is 42.5 Å². The lowest BCUT2D eigenvalue weighted by Crippen LogP contribution is -2.05. The molecule has 0 bridgehead atoms. The summed E-state index contributed by atoms with van der Waals surface area (Å²) in [6.07, 6.45) is 0.875. The molecule has 2 nitrogen and oxygen atoms in total. The topological polar surface area (TPSA) is 21.3 Å². The molecule has 0 saturated carbocycles. The summed E-state index contributed by atoms with van der Waals surface area (Å²) in [5.41, 5.74) is 3.28. The summed E-state index contributed by atoms with van der Waals surface area (Å²) in [6.45, 7) is 1.35. The molecular formula is C21H20FNO. The molecule has 0 unspecified atom stereocenters. The van der Waals surface area contributed by atoms with Gasteiger partial charge in [-0.3, -0.25) is 0 Å². The van der Waals surface area contributed by atoms with Crippen molar-refractivity contribution in [2.24, 2.45) is 0 Å². The largest absolute Gasteiger partial charge is 0.489 e. The number of ether oxygens (including phenoxy) is 1. The maximum absolute atomic E-state index is 12.9. The lowest BCUT2D eigenvalue weighted by Gasteiger charge is -2.09. The van der Waals surface area contributed by atoms with E-state index in [1.165, 1.54) is 17.7 Å². The Morgan fingerprint density at radius 1 is 0.792 bits per heavy atom. The molecular weight excluding hydrogens is 301 g/mol. The lowest BCUT2D eigenvalue weighted by molar-refractivity contribution is 0.306. The highest BCUT2D eigenvalue weighted by atomic mass is 19.1. The van der Waals surface area contributed by atoms with Crippen molar-refractivity contribution < 1.29 is 9.13 Å². The van der Waals surface area contributed by atoms with Crippen LogP contribution in [0.25, 0.3) is 0 Å². The molecule has 0 spiro atoms. The van der Waals surface area contributed by atoms with Crippen molar-refractivity contribution in [2.75, 3.05) is 11.9 Å². The van der Waals surface area contributed by atoms with Gasteiger partial charge in [-0.2, -0.15) is 0 Å². The molecule has 0 aliphatic carbocycles. The van der Waals surface area contributed by atoms with Crippen molar-refractivity contribution in [1.82, 2.24) is 0 Å². The van der Waals surface area contributed by atoms with E-state index >= 15 is 0 Å². The maximum Gasteiger partial charge on any atom is 0.123 e. The first kappa shape index (κ1) is 16.1. The molecule has 0 fully saturated rings. The molecule has 0 aromatic heterocycles. The van der Waals surface area contributed by atoms with Crippen LogP contribution in [0.15, 0.2) is 78.9 Å². The zero-order chi connectivity index (χ0) is 16.6. The number of anilines is 1. The second-order valence-corrected chi connectivity index (χ2v) is 5.61. The molecule has 0 aliphatic heterocycles. The summed E-state index contributed by atoms with van der Waals surface area (Å²) in [7, 11) is 0. The number of nitrogens with one attached hydrogen (secondary N) is 1. The van der Waals surface area contributed by atoms with Crippen molar-refractivity contribution in [3.8, 4) is 5.75 Å². The predicted octanol–water partition coefficient (Wildman–Crippen LogP) is 5.06. The van der Waals surface area contributed by atoms with E-state index in [4.69, 9.17) is 4.74 Å². The van der Waals surface area contributed by atoms with Crippen LogP contribution < -0.4 is 10.1 Å². The van der Waals surface area contributed by atoms with Gasteiger partial charge in [0.1, 0.15) is 18.2 Å². The van der Waals surface area contributed by atoms with Gasteiger partial charge >= 0.3 is 0 Å². The first-order valence-corrected chi connectivity index (χ1v) is 8.05. The Morgan fingerprint density at radius 3 is 2.33 bits per heavy atom. The Bertz CT molecular complexity index is 756. The molecule has 0 atom stereocenters. The van der Waals surface area contributed by atoms with Crippen molar-refractivity contribution in [1.29, 1.82) is 0 Å². The smallest absolute Gasteiger partial charge is 0.123 e. The van der Waals surface area contributed by atoms with E-state index in [2.05, 4.69) is 29.6 Å². The van der Waals surface area contributed by atoms with Crippen molar-refractivity contribution >= 4 is 5.69 Å². The van der Waals surface area contributed by atoms with E-state index in [1.807, 2.05) is 30.3 Å². The van der Waals surface area contributed by atoms with Gasteiger partial charge in [-0.05, 0) is 53.9 Å². The summed E-state index contributed by atoms with van der Waals surface area (Å²) < 4.78 is 18.7. The third-order valence-electron chi connectivity index (χ3n) is 3.73. The Hall–Kier alpha value is -2.81. The third-order valence-corrected chi connectivity index (χ3v) is 3.73. The summed E-state index contributed by atoms with van der Waals surface area (Å²) in [5.74, 6) is 0.655. The Kier molecular flexibility index (Phi) is 5.46. The van der Waals surface area contributed by atoms with Gasteiger partial charge in [-0.25, -0.2) is 4.39 Å². The van der Waals surface area contributed by atoms with Gasteiger partial charge < -0.3 is 10.1 Å². The lowest BCUT2D eigenvalue weighted by atomic mass is 10.1. The van der Waals surface area contributed by atoms with Crippen LogP contribution in [0.5, 0.6) is 5.75 Å². The number of hydrogen-bond donors (Lipinski definition) is 1. The van der Waals surface area contributed by atoms with Crippen LogP contribution in [0.3, 0.4) is 0 Å². The van der Waals surface area contributed by atoms with Crippen LogP contribution in [0.2, 0.25) is 0 Å². The zero-order valence-corrected chi connectivity index (χ0v) is 13.4. The van der Waals surface area contributed by atoms with Crippen molar-refractivity contribution in [3.05, 3.63) is 95.8 Å². The van der Waals surface area contributed by atoms with Gasteiger partial charge in [0.15, 0.2) is 0 Å². The first-order chi connectivity index (χ1) is 11.8. The van der Waals surface area contributed by atoms with E-state index in [1.54, 1.807) is 12.1 Å². The standard InChI is InChI=1S/C21H20FNO/c22-19-9-11-20(12-10-19)23-14-13-17-7-4-8-21(15-17)24-16-18-5-2-1-3-6-18/h1-12,15,23H,13-14,16H2. The molecule has 3 aromatic rings. The summed E-state index contributed by atoms with van der Waals surface area (Å²) in [5, 5.41) is 3.29. The second kappa shape index (κ2) is 8.16. The number of halogens is 1. The third kappa shape index (κ3) is 4.85. The molecule has 0 heterocycles. The number of benzene rings is 3. The normalized spacial score (nSPS) is 10.4. The van der Waals surface area contributed by atoms with Crippen LogP contribution in [0.1, 0.15) is 11.1 Å². The monoisotopic (exact) mass is 321 g/mol. The van der Waals surface area contributed by atoms with E-state index < -0.39 is 0 Å². The van der Waals surface area contributed by atoms with Crippen LogP contribution in [-0.4, -0.2) is 6.54 Å². The van der Waals surface area contributed by atoms with Crippen molar-refractivity contribution in [3.63, 3.8) is 0 Å². The van der Waals surface area contributed by atoms with Gasteiger partial charge in [0.25, 0.3) is 0 Å². The molecule has 0 amide bonds. The average molecular weight is 321 g/mol. The molecule has 3 aromatic carbocycles. The molecule has 0 radical (unpaired) electrons. The van der Waals surface area contributed by atoms with Gasteiger partial charge in [0.05, 0.1) is 0 Å². The second-order valence-electron chi connectivity index (χ2n) is 5.61. The Morgan fingerprint density at radius 2 is 1.54 bits per heavy atom. The molecule has 24 heavy (non-hydrogen) atoms. The number of rotatable bonds is 7. The minimum absolute atomic E-state index is 0.219. The fourth-order valence-corrected chi connectivity index (χ4v) is 2.45. The van der Waals surface area contributed by atoms with Crippen LogP contribution in [-0.2, 0) is 13.0 Å². The summed E-state index contributed by atoms with van der Waals surface area (Å²) in [4.78, 5) is 0. The molecule has 3 rings (SSSR count). The van der Waals surface area contributed by atoms with Gasteiger partial charge in [-0.15, -0.1) is 0 Å². The maximum atomic E-state index is 12.9. The minimum atomic E-state index is -0.219. The quantitative estimate of drug-likeness (QED) is 0.657. The van der Waals surface area contributed by atoms with Crippen LogP contribution in [0, 0.1) is 5.82 Å². The molecule has 122 valence electrons. The minimum Gasteiger partial charge on any atom is -0.489 e. The van der Waals surface area contributed by atoms with Gasteiger partial charge in [0, 0.05) is 12.2 Å². The zero-order valence-electron chi connectivity index (χ0n) is 13.4. The molecule has 1 N–H and O–H groups in total. The fourth-order valence-electron chi connectivity index (χ4n) is 2.45. The fraction of sp³-hybridized carbons (Fsp3) is 0.143. The SMILES string of the molecule is Fc1ccc(NCCc2cccc(OCc3ccccc3)c2)cc1. The molecule has 0 saturated heterocycles. The van der Waals surface area contributed by atoms with Gasteiger partial charge in [0.2, 0.25) is 0 Å². The Balaban J connectivity index is 1.50. The highest BCUT2D eigenvalue weighted by Crippen LogP contribution is 2.16. The molecule has 3 heteroatoms. The van der Waals surface area contributed by atoms with E-state index in [0.717, 1.165) is 30.0 Å². The average Bonchev–Trinajstić information content (AvgIpc) is 2.63. The highest BCUT2D eigenvalue weighted by molar-refractivity contribution is 5.43. The number of hydrogen-bond acceptors (Lipinski definition) is 2. The van der Waals surface area contributed by atoms with E-state index in [-0.39, 0.29) is 5.82 Å². The van der Waals surface area contributed by atoms with E-state index in [9.17, 15) is 4.39 Å². The highest BCUT2D eigenvalue weighted by Gasteiger charge is 1.99. The summed E-state index contributed by atoms with van der Waals surface area (Å²) in [6, 6.07) is 24.7. The van der Waals surface area contributed by atoms with E-state index in [0.29, 0.717) is 6.61 Å². The summed E-state index contributed by atoms with van der Waals surface area (Å²) >= 11 is 0. The Labute approximate surface area is 141 Å².